The number of hydrogen-bond acceptors (Lipinski definition) is 3. The molecule has 1 saturated carbocycles. The van der Waals surface area contributed by atoms with Crippen LogP contribution in [0.4, 0.5) is 4.79 Å². The number of ether oxygens (including phenoxy) is 1. The number of urea groups is 1. The number of nitrogens with zero attached hydrogens (tertiary/aromatic N) is 1. The number of hydrogen-bond donors (Lipinski definition) is 1. The van der Waals surface area contributed by atoms with Crippen LogP contribution in [0.15, 0.2) is 24.3 Å². The summed E-state index contributed by atoms with van der Waals surface area (Å²) in [5.41, 5.74) is -0.317. The minimum atomic E-state index is -1.03. The zero-order valence-electron chi connectivity index (χ0n) is 11.6. The van der Waals surface area contributed by atoms with Crippen LogP contribution in [0.2, 0.25) is 0 Å². The third-order valence-corrected chi connectivity index (χ3v) is 5.54. The lowest BCUT2D eigenvalue weighted by atomic mass is 9.84. The Morgan fingerprint density at radius 2 is 2.05 bits per heavy atom. The van der Waals surface area contributed by atoms with Crippen LogP contribution in [-0.4, -0.2) is 34.3 Å². The molecule has 1 saturated heterocycles. The van der Waals surface area contributed by atoms with Crippen molar-refractivity contribution in [3.63, 3.8) is 0 Å². The lowest BCUT2D eigenvalue weighted by molar-refractivity contribution is -0.132. The normalized spacial score (nSPS) is 31.7. The number of nitrogens with one attached hydrogen (secondary N) is 1. The number of rotatable bonds is 2. The van der Waals surface area contributed by atoms with Crippen LogP contribution in [0.5, 0.6) is 5.75 Å². The van der Waals surface area contributed by atoms with Crippen molar-refractivity contribution in [3.8, 4) is 5.75 Å². The summed E-state index contributed by atoms with van der Waals surface area (Å²) in [7, 11) is 0. The van der Waals surface area contributed by atoms with E-state index in [1.54, 1.807) is 0 Å². The SMILES string of the molecule is O=C1N[C@]2(CCOc3ccccc32)C(=O)N1C[C@@H]1CC1(Cl)Cl. The Morgan fingerprint density at radius 1 is 1.32 bits per heavy atom. The van der Waals surface area contributed by atoms with E-state index in [1.165, 1.54) is 4.90 Å². The molecule has 1 aliphatic carbocycles. The van der Waals surface area contributed by atoms with E-state index in [0.717, 1.165) is 0 Å². The number of alkyl halides is 2. The van der Waals surface area contributed by atoms with Crippen LogP contribution < -0.4 is 10.1 Å². The van der Waals surface area contributed by atoms with Crippen LogP contribution in [0.3, 0.4) is 0 Å². The first-order valence-corrected chi connectivity index (χ1v) is 7.94. The first-order chi connectivity index (χ1) is 10.4. The summed E-state index contributed by atoms with van der Waals surface area (Å²) in [6.45, 7) is 0.637. The Kier molecular flexibility index (Phi) is 2.91. The number of amides is 3. The molecule has 7 heteroatoms. The van der Waals surface area contributed by atoms with E-state index in [4.69, 9.17) is 27.9 Å². The molecule has 116 valence electrons. The molecule has 0 bridgehead atoms. The van der Waals surface area contributed by atoms with Crippen molar-refractivity contribution in [2.75, 3.05) is 13.2 Å². The van der Waals surface area contributed by atoms with Gasteiger partial charge < -0.3 is 10.1 Å². The smallest absolute Gasteiger partial charge is 0.325 e. The highest BCUT2D eigenvalue weighted by molar-refractivity contribution is 6.50. The second-order valence-corrected chi connectivity index (χ2v) is 7.55. The molecule has 0 aromatic heterocycles. The fourth-order valence-corrected chi connectivity index (χ4v) is 3.74. The quantitative estimate of drug-likeness (QED) is 0.664. The summed E-state index contributed by atoms with van der Waals surface area (Å²) >= 11 is 12.0. The number of halogens is 2. The highest BCUT2D eigenvalue weighted by Gasteiger charge is 2.59. The molecule has 1 aromatic rings. The Balaban J connectivity index is 1.67. The molecule has 3 aliphatic rings. The van der Waals surface area contributed by atoms with Crippen LogP contribution in [0, 0.1) is 5.92 Å². The van der Waals surface area contributed by atoms with E-state index in [0.29, 0.717) is 30.8 Å². The minimum absolute atomic E-state index is 0.0595. The maximum absolute atomic E-state index is 12.9. The molecule has 3 amide bonds. The lowest BCUT2D eigenvalue weighted by Gasteiger charge is -2.33. The Morgan fingerprint density at radius 3 is 2.77 bits per heavy atom. The average molecular weight is 341 g/mol. The number of para-hydroxylation sites is 1. The van der Waals surface area contributed by atoms with Crippen LogP contribution in [0.1, 0.15) is 18.4 Å². The van der Waals surface area contributed by atoms with E-state index in [9.17, 15) is 9.59 Å². The third-order valence-electron chi connectivity index (χ3n) is 4.62. The van der Waals surface area contributed by atoms with Crippen LogP contribution in [-0.2, 0) is 10.3 Å². The van der Waals surface area contributed by atoms with Gasteiger partial charge in [0.1, 0.15) is 10.1 Å². The van der Waals surface area contributed by atoms with E-state index < -0.39 is 15.9 Å². The lowest BCUT2D eigenvalue weighted by Crippen LogP contribution is -2.47. The molecule has 1 N–H and O–H groups in total. The Labute approximate surface area is 137 Å². The second-order valence-electron chi connectivity index (χ2n) is 6.01. The highest BCUT2D eigenvalue weighted by Crippen LogP contribution is 2.54. The molecule has 5 nitrogen and oxygen atoms in total. The summed E-state index contributed by atoms with van der Waals surface area (Å²) < 4.78 is 4.78. The molecule has 2 atom stereocenters. The fraction of sp³-hybridized carbons (Fsp3) is 0.467. The van der Waals surface area contributed by atoms with Gasteiger partial charge in [-0.25, -0.2) is 4.79 Å². The maximum atomic E-state index is 12.9. The van der Waals surface area contributed by atoms with Gasteiger partial charge in [0, 0.05) is 24.4 Å². The van der Waals surface area contributed by atoms with Crippen molar-refractivity contribution >= 4 is 35.1 Å². The topological polar surface area (TPSA) is 58.6 Å². The third kappa shape index (κ3) is 1.92. The summed E-state index contributed by atoms with van der Waals surface area (Å²) in [6, 6.07) is 6.91. The Hall–Kier alpha value is -1.46. The number of carbonyl (C=O) groups excluding carboxylic acids is 2. The van der Waals surface area contributed by atoms with Crippen molar-refractivity contribution in [2.45, 2.75) is 22.7 Å². The van der Waals surface area contributed by atoms with Crippen molar-refractivity contribution < 1.29 is 14.3 Å². The van der Waals surface area contributed by atoms with Gasteiger partial charge >= 0.3 is 6.03 Å². The van der Waals surface area contributed by atoms with Gasteiger partial charge in [-0.1, -0.05) is 18.2 Å². The molecule has 4 rings (SSSR count). The van der Waals surface area contributed by atoms with E-state index in [-0.39, 0.29) is 18.4 Å². The number of carbonyl (C=O) groups is 2. The zero-order chi connectivity index (χ0) is 15.5. The molecule has 1 spiro atoms. The molecule has 2 heterocycles. The molecule has 2 fully saturated rings. The monoisotopic (exact) mass is 340 g/mol. The molecule has 22 heavy (non-hydrogen) atoms. The van der Waals surface area contributed by atoms with Crippen LogP contribution in [0.25, 0.3) is 0 Å². The molecule has 2 aliphatic heterocycles. The van der Waals surface area contributed by atoms with Gasteiger partial charge in [0.05, 0.1) is 6.61 Å². The second kappa shape index (κ2) is 4.52. The number of fused-ring (bicyclic) bond motifs is 2. The van der Waals surface area contributed by atoms with E-state index >= 15 is 0 Å². The molecular weight excluding hydrogens is 327 g/mol. The summed E-state index contributed by atoms with van der Waals surface area (Å²) in [6.07, 6.45) is 1.02. The largest absolute Gasteiger partial charge is 0.493 e. The maximum Gasteiger partial charge on any atom is 0.325 e. The predicted octanol–water partition coefficient (Wildman–Crippen LogP) is 2.41. The van der Waals surface area contributed by atoms with Gasteiger partial charge in [0.15, 0.2) is 5.54 Å². The first-order valence-electron chi connectivity index (χ1n) is 7.18. The van der Waals surface area contributed by atoms with Gasteiger partial charge in [-0.2, -0.15) is 0 Å². The van der Waals surface area contributed by atoms with Gasteiger partial charge in [0.25, 0.3) is 5.91 Å². The highest BCUT2D eigenvalue weighted by atomic mass is 35.5. The minimum Gasteiger partial charge on any atom is -0.493 e. The molecule has 0 radical (unpaired) electrons. The Bertz CT molecular complexity index is 679. The zero-order valence-corrected chi connectivity index (χ0v) is 13.2. The molecule has 0 unspecified atom stereocenters. The summed E-state index contributed by atoms with van der Waals surface area (Å²) in [5.74, 6) is 0.333. The molecule has 1 aromatic carbocycles. The average Bonchev–Trinajstić information content (AvgIpc) is 3.03. The van der Waals surface area contributed by atoms with Gasteiger partial charge in [-0.3, -0.25) is 9.69 Å². The van der Waals surface area contributed by atoms with Gasteiger partial charge in [-0.05, 0) is 12.5 Å². The number of benzene rings is 1. The van der Waals surface area contributed by atoms with Gasteiger partial charge in [-0.15, -0.1) is 23.2 Å². The van der Waals surface area contributed by atoms with Crippen molar-refractivity contribution in [1.29, 1.82) is 0 Å². The van der Waals surface area contributed by atoms with Crippen molar-refractivity contribution in [2.24, 2.45) is 5.92 Å². The van der Waals surface area contributed by atoms with Crippen molar-refractivity contribution in [3.05, 3.63) is 29.8 Å². The van der Waals surface area contributed by atoms with E-state index in [2.05, 4.69) is 5.32 Å². The molecular formula is C15H14Cl2N2O3. The van der Waals surface area contributed by atoms with Gasteiger partial charge in [0.2, 0.25) is 0 Å². The van der Waals surface area contributed by atoms with E-state index in [1.807, 2.05) is 24.3 Å². The predicted molar refractivity (Wildman–Crippen MR) is 81.0 cm³/mol. The first kappa shape index (κ1) is 14.2. The summed E-state index contributed by atoms with van der Waals surface area (Å²) in [4.78, 5) is 26.5. The standard InChI is InChI=1S/C15H14Cl2N2O3/c16-15(17)7-9(15)8-19-12(20)14(18-13(19)21)5-6-22-11-4-2-1-3-10(11)14/h1-4,9H,5-8H2,(H,18,21)/t9-,14-/m0/s1. The summed E-state index contributed by atoms with van der Waals surface area (Å²) in [5, 5.41) is 2.86. The number of imide groups is 1. The fourth-order valence-electron chi connectivity index (χ4n) is 3.23. The van der Waals surface area contributed by atoms with Crippen molar-refractivity contribution in [1.82, 2.24) is 10.2 Å². The van der Waals surface area contributed by atoms with Crippen LogP contribution >= 0.6 is 23.2 Å².